The standard InChI is InChI=1S/C26H22FN3O2/c1-15-6-5-11-30(14-15)21-13-20(28-17-8-4-7-16(27)12-17)22-23-24(21)29-32-26(23)19-10-3-2-9-18(19)25(22)31/h2-4,7-10,12-13,15,28H,5-6,11,14H2,1H3/t15-/m1/s1. The molecule has 6 rings (SSSR count). The van der Waals surface area contributed by atoms with Gasteiger partial charge in [0.25, 0.3) is 0 Å². The molecule has 1 N–H and O–H groups in total. The quantitative estimate of drug-likeness (QED) is 0.374. The van der Waals surface area contributed by atoms with Crippen LogP contribution in [0.5, 0.6) is 0 Å². The van der Waals surface area contributed by atoms with Gasteiger partial charge < -0.3 is 14.7 Å². The summed E-state index contributed by atoms with van der Waals surface area (Å²) in [6, 6.07) is 15.7. The second-order valence-electron chi connectivity index (χ2n) is 8.76. The van der Waals surface area contributed by atoms with Gasteiger partial charge in [-0.05, 0) is 43.0 Å². The normalized spacial score (nSPS) is 17.5. The monoisotopic (exact) mass is 427 g/mol. The van der Waals surface area contributed by atoms with Gasteiger partial charge in [0.15, 0.2) is 11.5 Å². The van der Waals surface area contributed by atoms with E-state index in [0.717, 1.165) is 36.1 Å². The van der Waals surface area contributed by atoms with Gasteiger partial charge in [-0.25, -0.2) is 4.39 Å². The maximum atomic E-state index is 13.9. The van der Waals surface area contributed by atoms with Gasteiger partial charge in [-0.1, -0.05) is 42.4 Å². The first kappa shape index (κ1) is 19.0. The van der Waals surface area contributed by atoms with Gasteiger partial charge in [0.1, 0.15) is 11.3 Å². The Morgan fingerprint density at radius 1 is 1.12 bits per heavy atom. The third-order valence-electron chi connectivity index (χ3n) is 6.48. The van der Waals surface area contributed by atoms with Crippen molar-refractivity contribution < 1.29 is 13.7 Å². The summed E-state index contributed by atoms with van der Waals surface area (Å²) in [5.41, 5.74) is 4.73. The number of anilines is 3. The van der Waals surface area contributed by atoms with Crippen molar-refractivity contribution in [2.45, 2.75) is 19.8 Å². The van der Waals surface area contributed by atoms with Crippen LogP contribution in [0.2, 0.25) is 0 Å². The number of piperidine rings is 1. The Balaban J connectivity index is 1.61. The number of benzene rings is 3. The maximum absolute atomic E-state index is 13.9. The molecule has 1 fully saturated rings. The van der Waals surface area contributed by atoms with Gasteiger partial charge in [-0.2, -0.15) is 0 Å². The third kappa shape index (κ3) is 2.90. The zero-order chi connectivity index (χ0) is 21.8. The lowest BCUT2D eigenvalue weighted by molar-refractivity contribution is 0.104. The minimum absolute atomic E-state index is 0.0845. The first-order valence-corrected chi connectivity index (χ1v) is 11.0. The first-order chi connectivity index (χ1) is 15.6. The van der Waals surface area contributed by atoms with Crippen LogP contribution in [0.4, 0.5) is 21.5 Å². The molecule has 4 aromatic rings. The summed E-state index contributed by atoms with van der Waals surface area (Å²) in [4.78, 5) is 15.9. The van der Waals surface area contributed by atoms with Crippen molar-refractivity contribution in [3.05, 3.63) is 71.5 Å². The van der Waals surface area contributed by atoms with E-state index in [4.69, 9.17) is 4.52 Å². The molecule has 0 saturated carbocycles. The van der Waals surface area contributed by atoms with Crippen LogP contribution < -0.4 is 10.2 Å². The highest BCUT2D eigenvalue weighted by molar-refractivity contribution is 6.28. The Morgan fingerprint density at radius 2 is 1.97 bits per heavy atom. The number of carbonyl (C=O) groups is 1. The Labute approximate surface area is 184 Å². The van der Waals surface area contributed by atoms with Gasteiger partial charge in [0, 0.05) is 29.9 Å². The lowest BCUT2D eigenvalue weighted by Crippen LogP contribution is -2.34. The molecule has 0 amide bonds. The number of fused-ring (bicyclic) bond motifs is 2. The molecule has 32 heavy (non-hydrogen) atoms. The average Bonchev–Trinajstić information content (AvgIpc) is 3.23. The van der Waals surface area contributed by atoms with E-state index in [1.165, 1.54) is 18.6 Å². The largest absolute Gasteiger partial charge is 0.369 e. The molecular weight excluding hydrogens is 405 g/mol. The number of nitrogens with one attached hydrogen (secondary N) is 1. The second-order valence-corrected chi connectivity index (χ2v) is 8.76. The number of rotatable bonds is 3. The predicted molar refractivity (Wildman–Crippen MR) is 123 cm³/mol. The van der Waals surface area contributed by atoms with E-state index in [0.29, 0.717) is 39.7 Å². The van der Waals surface area contributed by atoms with E-state index in [-0.39, 0.29) is 11.6 Å². The third-order valence-corrected chi connectivity index (χ3v) is 6.48. The van der Waals surface area contributed by atoms with Crippen LogP contribution in [0.15, 0.2) is 59.1 Å². The van der Waals surface area contributed by atoms with Crippen molar-refractivity contribution in [2.75, 3.05) is 23.3 Å². The van der Waals surface area contributed by atoms with E-state index in [9.17, 15) is 9.18 Å². The molecule has 1 atom stereocenters. The summed E-state index contributed by atoms with van der Waals surface area (Å²) in [7, 11) is 0. The number of nitrogens with zero attached hydrogens (tertiary/aromatic N) is 2. The van der Waals surface area contributed by atoms with Crippen LogP contribution in [0.25, 0.3) is 22.2 Å². The van der Waals surface area contributed by atoms with Gasteiger partial charge in [0.05, 0.1) is 22.3 Å². The van der Waals surface area contributed by atoms with E-state index in [2.05, 4.69) is 22.3 Å². The molecule has 0 unspecified atom stereocenters. The summed E-state index contributed by atoms with van der Waals surface area (Å²) in [6.45, 7) is 4.09. The van der Waals surface area contributed by atoms with E-state index < -0.39 is 0 Å². The second kappa shape index (κ2) is 7.19. The van der Waals surface area contributed by atoms with Crippen molar-refractivity contribution in [1.29, 1.82) is 0 Å². The molecule has 1 aliphatic heterocycles. The Kier molecular flexibility index (Phi) is 4.28. The molecule has 5 nitrogen and oxygen atoms in total. The summed E-state index contributed by atoms with van der Waals surface area (Å²) in [5, 5.41) is 8.46. The number of halogens is 1. The van der Waals surface area contributed by atoms with Crippen molar-refractivity contribution in [3.63, 3.8) is 0 Å². The summed E-state index contributed by atoms with van der Waals surface area (Å²) in [6.07, 6.45) is 2.30. The summed E-state index contributed by atoms with van der Waals surface area (Å²) >= 11 is 0. The van der Waals surface area contributed by atoms with Crippen LogP contribution in [-0.4, -0.2) is 24.0 Å². The van der Waals surface area contributed by atoms with Crippen molar-refractivity contribution >= 4 is 33.7 Å². The number of ketones is 1. The molecule has 160 valence electrons. The highest BCUT2D eigenvalue weighted by Gasteiger charge is 2.34. The molecule has 1 aliphatic carbocycles. The molecule has 6 heteroatoms. The Bertz CT molecular complexity index is 1380. The number of hydrogen-bond donors (Lipinski definition) is 1. The molecule has 1 saturated heterocycles. The zero-order valence-corrected chi connectivity index (χ0v) is 17.7. The molecule has 1 aromatic heterocycles. The lowest BCUT2D eigenvalue weighted by atomic mass is 9.86. The van der Waals surface area contributed by atoms with Crippen LogP contribution in [-0.2, 0) is 0 Å². The SMILES string of the molecule is C[C@@H]1CCCN(c2cc(Nc3cccc(F)c3)c3c4c(onc24)-c2ccccc2C3=O)C1. The topological polar surface area (TPSA) is 58.4 Å². The zero-order valence-electron chi connectivity index (χ0n) is 17.7. The minimum Gasteiger partial charge on any atom is -0.369 e. The van der Waals surface area contributed by atoms with Crippen LogP contribution in [0.3, 0.4) is 0 Å². The summed E-state index contributed by atoms with van der Waals surface area (Å²) in [5.74, 6) is 0.759. The minimum atomic E-state index is -0.336. The first-order valence-electron chi connectivity index (χ1n) is 11.0. The van der Waals surface area contributed by atoms with Gasteiger partial charge in [-0.15, -0.1) is 0 Å². The van der Waals surface area contributed by atoms with E-state index >= 15 is 0 Å². The molecule has 0 spiro atoms. The fourth-order valence-corrected chi connectivity index (χ4v) is 5.01. The molecule has 2 heterocycles. The van der Waals surface area contributed by atoms with E-state index in [1.54, 1.807) is 18.2 Å². The van der Waals surface area contributed by atoms with Crippen LogP contribution in [0, 0.1) is 11.7 Å². The fourth-order valence-electron chi connectivity index (χ4n) is 5.01. The highest BCUT2D eigenvalue weighted by Crippen LogP contribution is 2.46. The molecule has 0 bridgehead atoms. The average molecular weight is 427 g/mol. The van der Waals surface area contributed by atoms with Crippen molar-refractivity contribution in [2.24, 2.45) is 5.92 Å². The number of hydrogen-bond acceptors (Lipinski definition) is 5. The highest BCUT2D eigenvalue weighted by atomic mass is 19.1. The Morgan fingerprint density at radius 3 is 2.78 bits per heavy atom. The van der Waals surface area contributed by atoms with Crippen LogP contribution >= 0.6 is 0 Å². The molecular formula is C26H22FN3O2. The number of aromatic nitrogens is 1. The van der Waals surface area contributed by atoms with Gasteiger partial charge in [0.2, 0.25) is 0 Å². The van der Waals surface area contributed by atoms with E-state index in [1.807, 2.05) is 24.3 Å². The molecule has 0 radical (unpaired) electrons. The predicted octanol–water partition coefficient (Wildman–Crippen LogP) is 6.16. The smallest absolute Gasteiger partial charge is 0.196 e. The molecule has 2 aliphatic rings. The maximum Gasteiger partial charge on any atom is 0.196 e. The van der Waals surface area contributed by atoms with Crippen LogP contribution in [0.1, 0.15) is 35.7 Å². The lowest BCUT2D eigenvalue weighted by Gasteiger charge is -2.33. The number of carbonyl (C=O) groups excluding carboxylic acids is 1. The molecule has 3 aromatic carbocycles. The van der Waals surface area contributed by atoms with Crippen molar-refractivity contribution in [1.82, 2.24) is 5.16 Å². The van der Waals surface area contributed by atoms with Crippen molar-refractivity contribution in [3.8, 4) is 11.3 Å². The Hall–Kier alpha value is -3.67. The van der Waals surface area contributed by atoms with Gasteiger partial charge >= 0.3 is 0 Å². The fraction of sp³-hybridized carbons (Fsp3) is 0.231. The summed E-state index contributed by atoms with van der Waals surface area (Å²) < 4.78 is 19.7. The van der Waals surface area contributed by atoms with Gasteiger partial charge in [-0.3, -0.25) is 4.79 Å².